The third-order valence-corrected chi connectivity index (χ3v) is 6.30. The Bertz CT molecular complexity index is 870. The quantitative estimate of drug-likeness (QED) is 0.839. The number of hydrogen-bond acceptors (Lipinski definition) is 5. The lowest BCUT2D eigenvalue weighted by Gasteiger charge is -2.31. The normalized spacial score (nSPS) is 28.9. The third-order valence-electron chi connectivity index (χ3n) is 6.30. The van der Waals surface area contributed by atoms with Crippen LogP contribution in [0.5, 0.6) is 5.75 Å². The lowest BCUT2D eigenvalue weighted by atomic mass is 10.0. The number of carboxylic acid groups (broad SMARTS) is 1. The highest BCUT2D eigenvalue weighted by molar-refractivity contribution is 5.88. The predicted octanol–water partition coefficient (Wildman–Crippen LogP) is 2.46. The number of fused-ring (bicyclic) bond motifs is 1. The lowest BCUT2D eigenvalue weighted by Crippen LogP contribution is -2.30. The van der Waals surface area contributed by atoms with Crippen molar-refractivity contribution in [1.82, 2.24) is 0 Å². The number of aliphatic carboxylic acids is 1. The van der Waals surface area contributed by atoms with Gasteiger partial charge in [0.25, 0.3) is 0 Å². The average molecular weight is 378 g/mol. The highest BCUT2D eigenvalue weighted by Crippen LogP contribution is 2.59. The summed E-state index contributed by atoms with van der Waals surface area (Å²) in [6.07, 6.45) is 4.62. The van der Waals surface area contributed by atoms with Gasteiger partial charge in [0.2, 0.25) is 5.76 Å². The van der Waals surface area contributed by atoms with E-state index in [-0.39, 0.29) is 46.9 Å². The minimum atomic E-state index is -1.28. The monoisotopic (exact) mass is 378 g/mol. The van der Waals surface area contributed by atoms with Gasteiger partial charge in [-0.2, -0.15) is 0 Å². The Kier molecular flexibility index (Phi) is 3.47. The molecule has 0 amide bonds. The minimum Gasteiger partial charge on any atom is -0.475 e. The van der Waals surface area contributed by atoms with Crippen LogP contribution >= 0.6 is 0 Å². The summed E-state index contributed by atoms with van der Waals surface area (Å²) in [5, 5.41) is 18.6. The fourth-order valence-electron chi connectivity index (χ4n) is 4.54. The van der Waals surface area contributed by atoms with Crippen molar-refractivity contribution < 1.29 is 28.5 Å². The highest BCUT2D eigenvalue weighted by Gasteiger charge is 2.57. The van der Waals surface area contributed by atoms with Crippen LogP contribution in [0.3, 0.4) is 0 Å². The molecule has 2 unspecified atom stereocenters. The molecule has 1 saturated heterocycles. The largest absolute Gasteiger partial charge is 0.475 e. The SMILES string of the molecule is O=C(O)C1=CN(C2CC2)c2c(cc(F)c(N3CCC4(CC4CO)C3)c2F)O1. The van der Waals surface area contributed by atoms with Gasteiger partial charge in [-0.3, -0.25) is 0 Å². The van der Waals surface area contributed by atoms with Crippen LogP contribution in [0.1, 0.15) is 25.7 Å². The topological polar surface area (TPSA) is 73.2 Å². The Morgan fingerprint density at radius 3 is 2.74 bits per heavy atom. The molecule has 0 aromatic heterocycles. The molecule has 4 aliphatic rings. The number of hydrogen-bond donors (Lipinski definition) is 2. The third kappa shape index (κ3) is 2.50. The van der Waals surface area contributed by atoms with Gasteiger partial charge in [-0.05, 0) is 37.0 Å². The van der Waals surface area contributed by atoms with Crippen molar-refractivity contribution in [2.45, 2.75) is 31.7 Å². The Balaban J connectivity index is 1.54. The van der Waals surface area contributed by atoms with Gasteiger partial charge in [0.05, 0.1) is 6.20 Å². The Morgan fingerprint density at radius 2 is 2.11 bits per heavy atom. The van der Waals surface area contributed by atoms with E-state index in [1.165, 1.54) is 6.20 Å². The van der Waals surface area contributed by atoms with Gasteiger partial charge in [0.15, 0.2) is 17.4 Å². The van der Waals surface area contributed by atoms with Crippen LogP contribution in [0.2, 0.25) is 0 Å². The summed E-state index contributed by atoms with van der Waals surface area (Å²) in [6, 6.07) is 1.09. The first-order valence-electron chi connectivity index (χ1n) is 9.22. The number of rotatable bonds is 4. The van der Waals surface area contributed by atoms with Crippen molar-refractivity contribution in [1.29, 1.82) is 0 Å². The van der Waals surface area contributed by atoms with E-state index in [0.29, 0.717) is 13.1 Å². The maximum atomic E-state index is 15.5. The van der Waals surface area contributed by atoms with Crippen LogP contribution in [-0.4, -0.2) is 41.9 Å². The summed E-state index contributed by atoms with van der Waals surface area (Å²) in [7, 11) is 0. The zero-order chi connectivity index (χ0) is 18.9. The van der Waals surface area contributed by atoms with Crippen molar-refractivity contribution in [3.05, 3.63) is 29.7 Å². The number of carboxylic acids is 1. The summed E-state index contributed by atoms with van der Waals surface area (Å²) in [5.41, 5.74) is -0.0166. The van der Waals surface area contributed by atoms with Crippen LogP contribution in [0.4, 0.5) is 20.2 Å². The molecule has 2 aliphatic heterocycles. The first-order valence-corrected chi connectivity index (χ1v) is 9.22. The molecule has 8 heteroatoms. The second kappa shape index (κ2) is 5.58. The number of benzene rings is 1. The van der Waals surface area contributed by atoms with Gasteiger partial charge >= 0.3 is 5.97 Å². The number of ether oxygens (including phenoxy) is 1. The van der Waals surface area contributed by atoms with Crippen molar-refractivity contribution in [2.75, 3.05) is 29.5 Å². The molecular weight excluding hydrogens is 358 g/mol. The summed E-state index contributed by atoms with van der Waals surface area (Å²) in [5.74, 6) is -2.98. The van der Waals surface area contributed by atoms with E-state index in [2.05, 4.69) is 0 Å². The van der Waals surface area contributed by atoms with E-state index < -0.39 is 17.6 Å². The van der Waals surface area contributed by atoms with E-state index in [0.717, 1.165) is 31.7 Å². The van der Waals surface area contributed by atoms with Gasteiger partial charge in [-0.1, -0.05) is 0 Å². The Morgan fingerprint density at radius 1 is 1.33 bits per heavy atom. The van der Waals surface area contributed by atoms with Crippen molar-refractivity contribution >= 4 is 17.3 Å². The summed E-state index contributed by atoms with van der Waals surface area (Å²) >= 11 is 0. The number of nitrogens with zero attached hydrogens (tertiary/aromatic N) is 2. The van der Waals surface area contributed by atoms with Crippen LogP contribution in [0.25, 0.3) is 0 Å². The molecule has 1 spiro atoms. The van der Waals surface area contributed by atoms with E-state index >= 15 is 4.39 Å². The number of aliphatic hydroxyl groups is 1. The lowest BCUT2D eigenvalue weighted by molar-refractivity contribution is -0.135. The number of anilines is 2. The van der Waals surface area contributed by atoms with Gasteiger partial charge in [0.1, 0.15) is 11.4 Å². The smallest absolute Gasteiger partial charge is 0.373 e. The first-order chi connectivity index (χ1) is 12.9. The van der Waals surface area contributed by atoms with Gasteiger partial charge < -0.3 is 24.7 Å². The van der Waals surface area contributed by atoms with E-state index in [1.54, 1.807) is 9.80 Å². The fraction of sp³-hybridized carbons (Fsp3) is 0.526. The Hall–Kier alpha value is -2.35. The number of aliphatic hydroxyl groups excluding tert-OH is 1. The predicted molar refractivity (Wildman–Crippen MR) is 92.7 cm³/mol. The molecule has 0 bridgehead atoms. The fourth-order valence-corrected chi connectivity index (χ4v) is 4.54. The molecule has 5 rings (SSSR count). The molecule has 2 saturated carbocycles. The number of carbonyl (C=O) groups is 1. The first kappa shape index (κ1) is 16.8. The zero-order valence-corrected chi connectivity index (χ0v) is 14.6. The summed E-state index contributed by atoms with van der Waals surface area (Å²) in [4.78, 5) is 14.6. The van der Waals surface area contributed by atoms with Crippen molar-refractivity contribution in [3.63, 3.8) is 0 Å². The van der Waals surface area contributed by atoms with E-state index in [4.69, 9.17) is 4.74 Å². The molecule has 144 valence electrons. The molecule has 2 heterocycles. The average Bonchev–Trinajstić information content (AvgIpc) is 3.52. The second-order valence-corrected chi connectivity index (χ2v) is 8.02. The van der Waals surface area contributed by atoms with Crippen LogP contribution < -0.4 is 14.5 Å². The standard InChI is InChI=1S/C19H20F2N2O4/c20-12-5-13-17(23(11-1-2-11)7-14(27-13)18(25)26)15(21)16(12)22-4-3-19(9-22)6-10(19)8-24/h5,7,10-11,24H,1-4,6,8-9H2,(H,25,26). The molecule has 2 atom stereocenters. The molecular formula is C19H20F2N2O4. The van der Waals surface area contributed by atoms with Crippen LogP contribution in [-0.2, 0) is 4.79 Å². The van der Waals surface area contributed by atoms with Crippen LogP contribution in [0.15, 0.2) is 18.0 Å². The van der Waals surface area contributed by atoms with E-state index in [9.17, 15) is 19.4 Å². The summed E-state index contributed by atoms with van der Waals surface area (Å²) in [6.45, 7) is 1.16. The van der Waals surface area contributed by atoms with Gasteiger partial charge in [0, 0.05) is 31.8 Å². The molecule has 1 aromatic rings. The Labute approximate surface area is 154 Å². The maximum Gasteiger partial charge on any atom is 0.373 e. The van der Waals surface area contributed by atoms with Gasteiger partial charge in [-0.25, -0.2) is 13.6 Å². The van der Waals surface area contributed by atoms with Crippen molar-refractivity contribution in [3.8, 4) is 5.75 Å². The molecule has 3 fully saturated rings. The highest BCUT2D eigenvalue weighted by atomic mass is 19.1. The molecule has 6 nitrogen and oxygen atoms in total. The zero-order valence-electron chi connectivity index (χ0n) is 14.6. The number of halogens is 2. The molecule has 2 N–H and O–H groups in total. The second-order valence-electron chi connectivity index (χ2n) is 8.02. The minimum absolute atomic E-state index is 0.00179. The molecule has 27 heavy (non-hydrogen) atoms. The maximum absolute atomic E-state index is 15.5. The van der Waals surface area contributed by atoms with Crippen LogP contribution in [0, 0.1) is 23.0 Å². The van der Waals surface area contributed by atoms with Gasteiger partial charge in [-0.15, -0.1) is 0 Å². The molecule has 2 aliphatic carbocycles. The molecule has 0 radical (unpaired) electrons. The van der Waals surface area contributed by atoms with Crippen molar-refractivity contribution in [2.24, 2.45) is 11.3 Å². The van der Waals surface area contributed by atoms with E-state index in [1.807, 2.05) is 0 Å². The summed E-state index contributed by atoms with van der Waals surface area (Å²) < 4.78 is 35.5. The molecule has 1 aromatic carbocycles.